The molecule has 2 atom stereocenters. The highest BCUT2D eigenvalue weighted by molar-refractivity contribution is 5.20. The van der Waals surface area contributed by atoms with E-state index in [4.69, 9.17) is 4.74 Å². The van der Waals surface area contributed by atoms with E-state index in [9.17, 15) is 0 Å². The predicted octanol–water partition coefficient (Wildman–Crippen LogP) is 1.81. The Bertz CT molecular complexity index is 362. The normalized spacial score (nSPS) is 25.1. The average molecular weight is 237 g/mol. The van der Waals surface area contributed by atoms with Crippen LogP contribution in [-0.2, 0) is 11.8 Å². The van der Waals surface area contributed by atoms with Crippen molar-refractivity contribution in [3.63, 3.8) is 0 Å². The van der Waals surface area contributed by atoms with E-state index < -0.39 is 0 Å². The maximum absolute atomic E-state index is 5.97. The van der Waals surface area contributed by atoms with Crippen LogP contribution < -0.4 is 5.32 Å². The molecule has 1 saturated heterocycles. The van der Waals surface area contributed by atoms with Crippen LogP contribution in [0, 0.1) is 12.8 Å². The van der Waals surface area contributed by atoms with Crippen molar-refractivity contribution in [1.82, 2.24) is 15.1 Å². The number of hydrogen-bond acceptors (Lipinski definition) is 3. The van der Waals surface area contributed by atoms with Crippen LogP contribution in [-0.4, -0.2) is 29.5 Å². The number of ether oxygens (including phenoxy) is 1. The van der Waals surface area contributed by atoms with E-state index >= 15 is 0 Å². The van der Waals surface area contributed by atoms with Crippen molar-refractivity contribution in [3.8, 4) is 0 Å². The smallest absolute Gasteiger partial charge is 0.0898 e. The molecule has 1 aromatic heterocycles. The van der Waals surface area contributed by atoms with Gasteiger partial charge in [0.25, 0.3) is 0 Å². The van der Waals surface area contributed by atoms with E-state index in [1.54, 1.807) is 0 Å². The van der Waals surface area contributed by atoms with E-state index in [1.165, 1.54) is 18.4 Å². The molecule has 4 heteroatoms. The largest absolute Gasteiger partial charge is 0.373 e. The highest BCUT2D eigenvalue weighted by atomic mass is 16.5. The Morgan fingerprint density at radius 2 is 2.41 bits per heavy atom. The summed E-state index contributed by atoms with van der Waals surface area (Å²) in [5.74, 6) is 0.576. The molecule has 1 aromatic rings. The minimum absolute atomic E-state index is 0.219. The molecule has 4 nitrogen and oxygen atoms in total. The molecule has 17 heavy (non-hydrogen) atoms. The minimum Gasteiger partial charge on any atom is -0.373 e. The number of nitrogens with one attached hydrogen (secondary N) is 1. The molecule has 2 rings (SSSR count). The van der Waals surface area contributed by atoms with Gasteiger partial charge in [0.2, 0.25) is 0 Å². The Morgan fingerprint density at radius 3 is 3.06 bits per heavy atom. The molecule has 1 aliphatic heterocycles. The van der Waals surface area contributed by atoms with Gasteiger partial charge in [0.05, 0.1) is 11.8 Å². The van der Waals surface area contributed by atoms with Crippen LogP contribution in [0.25, 0.3) is 0 Å². The van der Waals surface area contributed by atoms with E-state index in [-0.39, 0.29) is 6.10 Å². The Kier molecular flexibility index (Phi) is 4.18. The lowest BCUT2D eigenvalue weighted by molar-refractivity contribution is -0.0279. The highest BCUT2D eigenvalue weighted by Crippen LogP contribution is 2.34. The summed E-state index contributed by atoms with van der Waals surface area (Å²) in [7, 11) is 1.97. The first kappa shape index (κ1) is 12.6. The quantitative estimate of drug-likeness (QED) is 0.868. The van der Waals surface area contributed by atoms with Crippen molar-refractivity contribution in [2.24, 2.45) is 13.0 Å². The molecule has 1 N–H and O–H groups in total. The maximum Gasteiger partial charge on any atom is 0.0898 e. The van der Waals surface area contributed by atoms with Crippen molar-refractivity contribution in [2.45, 2.75) is 32.8 Å². The third-order valence-electron chi connectivity index (χ3n) is 3.46. The van der Waals surface area contributed by atoms with Crippen molar-refractivity contribution >= 4 is 0 Å². The number of hydrogen-bond donors (Lipinski definition) is 1. The zero-order valence-corrected chi connectivity index (χ0v) is 11.1. The third kappa shape index (κ3) is 2.87. The zero-order chi connectivity index (χ0) is 12.3. The van der Waals surface area contributed by atoms with Crippen molar-refractivity contribution in [3.05, 3.63) is 17.5 Å². The highest BCUT2D eigenvalue weighted by Gasteiger charge is 2.29. The van der Waals surface area contributed by atoms with Gasteiger partial charge in [-0.2, -0.15) is 5.10 Å². The lowest BCUT2D eigenvalue weighted by Gasteiger charge is -2.31. The SMILES string of the molecule is CCNCC1CCCOC1c1cn(C)nc1C. The Hall–Kier alpha value is -0.870. The average Bonchev–Trinajstić information content (AvgIpc) is 2.66. The summed E-state index contributed by atoms with van der Waals surface area (Å²) >= 11 is 0. The first-order valence-electron chi connectivity index (χ1n) is 6.54. The zero-order valence-electron chi connectivity index (χ0n) is 11.1. The fourth-order valence-electron chi connectivity index (χ4n) is 2.62. The lowest BCUT2D eigenvalue weighted by atomic mass is 9.89. The molecular weight excluding hydrogens is 214 g/mol. The second-order valence-electron chi connectivity index (χ2n) is 4.84. The van der Waals surface area contributed by atoms with Crippen molar-refractivity contribution in [2.75, 3.05) is 19.7 Å². The number of aryl methyl sites for hydroxylation is 2. The minimum atomic E-state index is 0.219. The van der Waals surface area contributed by atoms with Crippen molar-refractivity contribution in [1.29, 1.82) is 0 Å². The summed E-state index contributed by atoms with van der Waals surface area (Å²) in [5.41, 5.74) is 2.36. The van der Waals surface area contributed by atoms with E-state index in [1.807, 2.05) is 11.7 Å². The first-order valence-corrected chi connectivity index (χ1v) is 6.54. The van der Waals surface area contributed by atoms with Gasteiger partial charge in [-0.3, -0.25) is 4.68 Å². The Morgan fingerprint density at radius 1 is 1.59 bits per heavy atom. The van der Waals surface area contributed by atoms with Crippen LogP contribution in [0.4, 0.5) is 0 Å². The third-order valence-corrected chi connectivity index (χ3v) is 3.46. The summed E-state index contributed by atoms with van der Waals surface area (Å²) in [6.07, 6.45) is 4.73. The van der Waals surface area contributed by atoms with Gasteiger partial charge in [0.15, 0.2) is 0 Å². The van der Waals surface area contributed by atoms with Crippen LogP contribution in [0.2, 0.25) is 0 Å². The fourth-order valence-corrected chi connectivity index (χ4v) is 2.62. The summed E-state index contributed by atoms with van der Waals surface area (Å²) in [6, 6.07) is 0. The van der Waals surface area contributed by atoms with E-state index in [0.717, 1.165) is 25.4 Å². The summed E-state index contributed by atoms with van der Waals surface area (Å²) in [4.78, 5) is 0. The molecule has 1 aliphatic rings. The first-order chi connectivity index (χ1) is 8.22. The molecule has 0 aliphatic carbocycles. The predicted molar refractivity (Wildman–Crippen MR) is 67.9 cm³/mol. The standard InChI is InChI=1S/C13H23N3O/c1-4-14-8-11-6-5-7-17-13(11)12-9-16(3)15-10(12)2/h9,11,13-14H,4-8H2,1-3H3. The van der Waals surface area contributed by atoms with Gasteiger partial charge in [-0.1, -0.05) is 6.92 Å². The molecule has 0 saturated carbocycles. The monoisotopic (exact) mass is 237 g/mol. The number of aromatic nitrogens is 2. The second kappa shape index (κ2) is 5.65. The van der Waals surface area contributed by atoms with Crippen LogP contribution in [0.15, 0.2) is 6.20 Å². The second-order valence-corrected chi connectivity index (χ2v) is 4.84. The van der Waals surface area contributed by atoms with Gasteiger partial charge in [0, 0.05) is 37.9 Å². The summed E-state index contributed by atoms with van der Waals surface area (Å²) < 4.78 is 7.86. The Labute approximate surface area is 103 Å². The molecular formula is C13H23N3O. The van der Waals surface area contributed by atoms with Crippen molar-refractivity contribution < 1.29 is 4.74 Å². The van der Waals surface area contributed by atoms with E-state index in [2.05, 4.69) is 30.5 Å². The lowest BCUT2D eigenvalue weighted by Crippen LogP contribution is -2.32. The summed E-state index contributed by atoms with van der Waals surface area (Å²) in [6.45, 7) is 7.15. The molecule has 0 bridgehead atoms. The number of nitrogens with zero attached hydrogens (tertiary/aromatic N) is 2. The van der Waals surface area contributed by atoms with Gasteiger partial charge in [0.1, 0.15) is 0 Å². The molecule has 2 unspecified atom stereocenters. The van der Waals surface area contributed by atoms with Gasteiger partial charge < -0.3 is 10.1 Å². The summed E-state index contributed by atoms with van der Waals surface area (Å²) in [5, 5.41) is 7.85. The van der Waals surface area contributed by atoms with Gasteiger partial charge in [-0.15, -0.1) is 0 Å². The molecule has 2 heterocycles. The Balaban J connectivity index is 2.12. The molecule has 1 fully saturated rings. The maximum atomic E-state index is 5.97. The number of rotatable bonds is 4. The van der Waals surface area contributed by atoms with Crippen LogP contribution >= 0.6 is 0 Å². The van der Waals surface area contributed by atoms with Crippen LogP contribution in [0.5, 0.6) is 0 Å². The molecule has 96 valence electrons. The van der Waals surface area contributed by atoms with E-state index in [0.29, 0.717) is 5.92 Å². The molecule has 0 aromatic carbocycles. The fraction of sp³-hybridized carbons (Fsp3) is 0.769. The van der Waals surface area contributed by atoms with Crippen LogP contribution in [0.1, 0.15) is 37.1 Å². The molecule has 0 radical (unpaired) electrons. The van der Waals surface area contributed by atoms with Gasteiger partial charge >= 0.3 is 0 Å². The molecule has 0 amide bonds. The van der Waals surface area contributed by atoms with Gasteiger partial charge in [-0.25, -0.2) is 0 Å². The molecule has 0 spiro atoms. The van der Waals surface area contributed by atoms with Gasteiger partial charge in [-0.05, 0) is 26.3 Å². The van der Waals surface area contributed by atoms with Crippen LogP contribution in [0.3, 0.4) is 0 Å². The topological polar surface area (TPSA) is 39.1 Å².